The fourth-order valence-corrected chi connectivity index (χ4v) is 3.58. The van der Waals surface area contributed by atoms with Crippen LogP contribution in [-0.4, -0.2) is 21.1 Å². The van der Waals surface area contributed by atoms with Gasteiger partial charge in [-0.25, -0.2) is 9.67 Å². The monoisotopic (exact) mass is 433 g/mol. The minimum Gasteiger partial charge on any atom is -0.298 e. The van der Waals surface area contributed by atoms with Crippen LogP contribution in [0.25, 0.3) is 5.13 Å². The number of carbonyl (C=O) groups is 1. The molecule has 0 bridgehead atoms. The summed E-state index contributed by atoms with van der Waals surface area (Å²) in [6.45, 7) is 0. The summed E-state index contributed by atoms with van der Waals surface area (Å²) in [7, 11) is 0. The molecule has 11 heteroatoms. The third-order valence-electron chi connectivity index (χ3n) is 4.07. The van der Waals surface area contributed by atoms with Crippen molar-refractivity contribution in [3.8, 4) is 5.13 Å². The van der Waals surface area contributed by atoms with Crippen molar-refractivity contribution in [2.75, 3.05) is 0 Å². The van der Waals surface area contributed by atoms with Gasteiger partial charge in [0, 0.05) is 5.38 Å². The molecule has 0 aliphatic heterocycles. The van der Waals surface area contributed by atoms with E-state index in [-0.39, 0.29) is 11.4 Å². The zero-order valence-corrected chi connectivity index (χ0v) is 15.4. The molecule has 3 aromatic rings. The molecule has 1 aromatic carbocycles. The van der Waals surface area contributed by atoms with Crippen LogP contribution in [0.2, 0.25) is 0 Å². The molecule has 2 heterocycles. The van der Waals surface area contributed by atoms with Gasteiger partial charge in [-0.15, -0.1) is 11.3 Å². The molecular formula is C18H13F6N3OS. The van der Waals surface area contributed by atoms with Crippen molar-refractivity contribution in [2.45, 2.75) is 31.6 Å². The third-order valence-corrected chi connectivity index (χ3v) is 4.93. The number of nitrogens with zero attached hydrogens (tertiary/aromatic N) is 3. The number of aromatic nitrogens is 3. The summed E-state index contributed by atoms with van der Waals surface area (Å²) in [5, 5.41) is 5.12. The fraction of sp³-hybridized carbons (Fsp3) is 0.278. The lowest BCUT2D eigenvalue weighted by Gasteiger charge is -2.09. The summed E-state index contributed by atoms with van der Waals surface area (Å²) in [5.41, 5.74) is -1.50. The number of hydrogen-bond donors (Lipinski definition) is 0. The summed E-state index contributed by atoms with van der Waals surface area (Å²) >= 11 is 0.933. The number of hydrogen-bond acceptors (Lipinski definition) is 4. The molecule has 4 nitrogen and oxygen atoms in total. The maximum absolute atomic E-state index is 13.2. The molecule has 0 amide bonds. The Kier molecular flexibility index (Phi) is 5.78. The molecule has 0 saturated carbocycles. The number of carbonyl (C=O) groups excluding carboxylic acids is 1. The number of rotatable bonds is 6. The van der Waals surface area contributed by atoms with Crippen molar-refractivity contribution < 1.29 is 31.1 Å². The van der Waals surface area contributed by atoms with E-state index in [0.29, 0.717) is 35.2 Å². The molecule has 0 fully saturated rings. The summed E-state index contributed by atoms with van der Waals surface area (Å²) in [6, 6.07) is 4.99. The molecule has 0 N–H and O–H groups in total. The van der Waals surface area contributed by atoms with Crippen LogP contribution >= 0.6 is 11.3 Å². The Morgan fingerprint density at radius 2 is 1.83 bits per heavy atom. The zero-order valence-electron chi connectivity index (χ0n) is 14.6. The van der Waals surface area contributed by atoms with Gasteiger partial charge in [-0.2, -0.15) is 31.4 Å². The smallest absolute Gasteiger partial charge is 0.298 e. The van der Waals surface area contributed by atoms with Gasteiger partial charge in [-0.3, -0.25) is 4.79 Å². The van der Waals surface area contributed by atoms with E-state index >= 15 is 0 Å². The first-order valence-corrected chi connectivity index (χ1v) is 9.19. The van der Waals surface area contributed by atoms with E-state index < -0.39 is 29.2 Å². The second-order valence-electron chi connectivity index (χ2n) is 6.15. The zero-order chi connectivity index (χ0) is 21.2. The topological polar surface area (TPSA) is 47.8 Å². The lowest BCUT2D eigenvalue weighted by Crippen LogP contribution is -2.15. The molecule has 0 spiro atoms. The van der Waals surface area contributed by atoms with E-state index in [1.807, 2.05) is 0 Å². The standard InChI is InChI=1S/C18H13F6N3OS/c19-17(20,21)13-5-1-3-11(7-13)4-2-6-14-10-29-16(26-14)27-15(18(22,23)24)12(9-28)8-25-27/h1,3,5,7-10H,2,4,6H2. The molecule has 0 radical (unpaired) electrons. The second-order valence-corrected chi connectivity index (χ2v) is 6.99. The molecule has 0 saturated heterocycles. The van der Waals surface area contributed by atoms with Gasteiger partial charge in [0.15, 0.2) is 12.0 Å². The van der Waals surface area contributed by atoms with E-state index in [9.17, 15) is 31.1 Å². The Labute approximate surface area is 164 Å². The van der Waals surface area contributed by atoms with Gasteiger partial charge in [0.1, 0.15) is 0 Å². The molecule has 154 valence electrons. The Morgan fingerprint density at radius 1 is 1.07 bits per heavy atom. The maximum atomic E-state index is 13.2. The SMILES string of the molecule is O=Cc1cnn(-c2nc(CCCc3cccc(C(F)(F)F)c3)cs2)c1C(F)(F)F. The predicted octanol–water partition coefficient (Wildman–Crippen LogP) is 5.35. The Bertz CT molecular complexity index is 1010. The average molecular weight is 433 g/mol. The lowest BCUT2D eigenvalue weighted by molar-refractivity contribution is -0.143. The molecule has 3 rings (SSSR count). The van der Waals surface area contributed by atoms with Crippen LogP contribution in [0, 0.1) is 0 Å². The van der Waals surface area contributed by atoms with Crippen molar-refractivity contribution in [3.63, 3.8) is 0 Å². The largest absolute Gasteiger partial charge is 0.434 e. The minimum absolute atomic E-state index is 0.0421. The molecule has 0 aliphatic carbocycles. The van der Waals surface area contributed by atoms with Gasteiger partial charge in [0.25, 0.3) is 0 Å². The van der Waals surface area contributed by atoms with Gasteiger partial charge in [-0.1, -0.05) is 18.2 Å². The van der Waals surface area contributed by atoms with Crippen LogP contribution in [0.15, 0.2) is 35.8 Å². The minimum atomic E-state index is -4.78. The van der Waals surface area contributed by atoms with Crippen molar-refractivity contribution in [2.24, 2.45) is 0 Å². The van der Waals surface area contributed by atoms with Crippen LogP contribution in [0.3, 0.4) is 0 Å². The summed E-state index contributed by atoms with van der Waals surface area (Å²) in [4.78, 5) is 15.0. The lowest BCUT2D eigenvalue weighted by atomic mass is 10.0. The normalized spacial score (nSPS) is 12.3. The first-order valence-electron chi connectivity index (χ1n) is 8.31. The van der Waals surface area contributed by atoms with Crippen molar-refractivity contribution >= 4 is 17.6 Å². The number of alkyl halides is 6. The molecule has 0 unspecified atom stereocenters. The summed E-state index contributed by atoms with van der Waals surface area (Å²) in [5.74, 6) is 0. The number of aryl methyl sites for hydroxylation is 2. The Morgan fingerprint density at radius 3 is 2.48 bits per heavy atom. The maximum Gasteiger partial charge on any atom is 0.434 e. The number of benzene rings is 1. The molecule has 0 atom stereocenters. The summed E-state index contributed by atoms with van der Waals surface area (Å²) < 4.78 is 78.4. The van der Waals surface area contributed by atoms with Gasteiger partial charge in [0.2, 0.25) is 5.13 Å². The average Bonchev–Trinajstić information content (AvgIpc) is 3.27. The van der Waals surface area contributed by atoms with Gasteiger partial charge in [-0.05, 0) is 30.9 Å². The molecule has 0 aliphatic rings. The Balaban J connectivity index is 1.70. The van der Waals surface area contributed by atoms with E-state index in [0.717, 1.165) is 29.7 Å². The van der Waals surface area contributed by atoms with E-state index in [1.54, 1.807) is 11.4 Å². The molecule has 2 aromatic heterocycles. The molecule has 29 heavy (non-hydrogen) atoms. The first kappa shape index (κ1) is 21.0. The van der Waals surface area contributed by atoms with Gasteiger partial charge >= 0.3 is 12.4 Å². The number of aldehydes is 1. The quantitative estimate of drug-likeness (QED) is 0.389. The van der Waals surface area contributed by atoms with Crippen molar-refractivity contribution in [1.82, 2.24) is 14.8 Å². The highest BCUT2D eigenvalue weighted by atomic mass is 32.1. The molecular weight excluding hydrogens is 420 g/mol. The van der Waals surface area contributed by atoms with E-state index in [2.05, 4.69) is 10.1 Å². The first-order chi connectivity index (χ1) is 13.6. The van der Waals surface area contributed by atoms with Crippen molar-refractivity contribution in [1.29, 1.82) is 0 Å². The van der Waals surface area contributed by atoms with Crippen LogP contribution in [0.1, 0.15) is 39.3 Å². The van der Waals surface area contributed by atoms with Crippen LogP contribution < -0.4 is 0 Å². The van der Waals surface area contributed by atoms with Crippen LogP contribution in [-0.2, 0) is 25.2 Å². The number of thiazole rings is 1. The highest BCUT2D eigenvalue weighted by molar-refractivity contribution is 7.12. The highest BCUT2D eigenvalue weighted by Crippen LogP contribution is 2.34. The second kappa shape index (κ2) is 7.97. The third kappa shape index (κ3) is 4.84. The van der Waals surface area contributed by atoms with Crippen LogP contribution in [0.5, 0.6) is 0 Å². The van der Waals surface area contributed by atoms with Gasteiger partial charge < -0.3 is 0 Å². The van der Waals surface area contributed by atoms with Crippen LogP contribution in [0.4, 0.5) is 26.3 Å². The Hall–Kier alpha value is -2.69. The van der Waals surface area contributed by atoms with Gasteiger partial charge in [0.05, 0.1) is 23.0 Å². The van der Waals surface area contributed by atoms with E-state index in [1.165, 1.54) is 6.07 Å². The fourth-order valence-electron chi connectivity index (χ4n) is 2.76. The predicted molar refractivity (Wildman–Crippen MR) is 93.1 cm³/mol. The van der Waals surface area contributed by atoms with E-state index in [4.69, 9.17) is 0 Å². The van der Waals surface area contributed by atoms with Crippen molar-refractivity contribution in [3.05, 3.63) is 63.9 Å². The summed E-state index contributed by atoms with van der Waals surface area (Å²) in [6.07, 6.45) is -7.09. The number of halogens is 6. The highest BCUT2D eigenvalue weighted by Gasteiger charge is 2.39.